The van der Waals surface area contributed by atoms with Crippen LogP contribution in [0.3, 0.4) is 0 Å². The molecule has 0 saturated carbocycles. The van der Waals surface area contributed by atoms with Crippen molar-refractivity contribution in [3.05, 3.63) is 35.4 Å². The van der Waals surface area contributed by atoms with Gasteiger partial charge in [0.05, 0.1) is 0 Å². The van der Waals surface area contributed by atoms with E-state index in [9.17, 15) is 8.78 Å². The van der Waals surface area contributed by atoms with Crippen LogP contribution in [0.1, 0.15) is 18.9 Å². The number of nitrogens with two attached hydrogens (primary N) is 1. The average Bonchev–Trinajstić information content (AvgIpc) is 2.43. The third-order valence-electron chi connectivity index (χ3n) is 3.40. The molecule has 1 aromatic carbocycles. The summed E-state index contributed by atoms with van der Waals surface area (Å²) >= 11 is 3.82. The summed E-state index contributed by atoms with van der Waals surface area (Å²) in [7, 11) is 0. The molecule has 0 radical (unpaired) electrons. The van der Waals surface area contributed by atoms with Gasteiger partial charge in [-0.3, -0.25) is 0 Å². The molecule has 2 rings (SSSR count). The highest BCUT2D eigenvalue weighted by atomic mass is 32.2. The second-order valence-corrected chi connectivity index (χ2v) is 7.37. The van der Waals surface area contributed by atoms with Gasteiger partial charge in [0, 0.05) is 28.0 Å². The molecule has 5 heteroatoms. The maximum Gasteiger partial charge on any atom is 0.162 e. The zero-order chi connectivity index (χ0) is 13.8. The molecule has 19 heavy (non-hydrogen) atoms. The minimum Gasteiger partial charge on any atom is -0.326 e. The van der Waals surface area contributed by atoms with Crippen LogP contribution >= 0.6 is 23.5 Å². The first-order valence-electron chi connectivity index (χ1n) is 6.55. The van der Waals surface area contributed by atoms with Crippen LogP contribution in [0.5, 0.6) is 0 Å². The Morgan fingerprint density at radius 2 is 2.05 bits per heavy atom. The summed E-state index contributed by atoms with van der Waals surface area (Å²) in [5.74, 6) is 0.702. The van der Waals surface area contributed by atoms with E-state index in [1.807, 2.05) is 23.5 Å². The molecule has 1 aliphatic heterocycles. The summed E-state index contributed by atoms with van der Waals surface area (Å²) in [5, 5.41) is 0.844. The van der Waals surface area contributed by atoms with Gasteiger partial charge >= 0.3 is 0 Å². The lowest BCUT2D eigenvalue weighted by Gasteiger charge is -2.34. The first-order chi connectivity index (χ1) is 9.13. The Bertz CT molecular complexity index is 428. The van der Waals surface area contributed by atoms with E-state index in [2.05, 4.69) is 6.92 Å². The van der Waals surface area contributed by atoms with Crippen LogP contribution < -0.4 is 5.73 Å². The second kappa shape index (κ2) is 6.95. The fourth-order valence-electron chi connectivity index (χ4n) is 2.41. The quantitative estimate of drug-likeness (QED) is 0.922. The molecule has 1 aliphatic rings. The minimum absolute atomic E-state index is 0.126. The van der Waals surface area contributed by atoms with Gasteiger partial charge < -0.3 is 5.73 Å². The van der Waals surface area contributed by atoms with Crippen molar-refractivity contribution < 1.29 is 8.78 Å². The van der Waals surface area contributed by atoms with Crippen molar-refractivity contribution in [3.8, 4) is 0 Å². The lowest BCUT2D eigenvalue weighted by atomic mass is 10.0. The van der Waals surface area contributed by atoms with Gasteiger partial charge in [-0.2, -0.15) is 23.5 Å². The molecule has 3 unspecified atom stereocenters. The molecule has 106 valence electrons. The summed E-state index contributed by atoms with van der Waals surface area (Å²) in [6.45, 7) is 2.16. The number of benzene rings is 1. The number of rotatable bonds is 4. The third-order valence-corrected chi connectivity index (χ3v) is 6.83. The van der Waals surface area contributed by atoms with E-state index in [-0.39, 0.29) is 6.04 Å². The smallest absolute Gasteiger partial charge is 0.162 e. The molecule has 0 bridgehead atoms. The first-order valence-corrected chi connectivity index (χ1v) is 8.65. The van der Waals surface area contributed by atoms with Crippen LogP contribution in [0.2, 0.25) is 0 Å². The minimum atomic E-state index is -0.789. The fourth-order valence-corrected chi connectivity index (χ4v) is 5.61. The van der Waals surface area contributed by atoms with Crippen LogP contribution in [0.4, 0.5) is 8.78 Å². The highest BCUT2D eigenvalue weighted by molar-refractivity contribution is 8.07. The number of halogens is 2. The van der Waals surface area contributed by atoms with E-state index in [4.69, 9.17) is 5.73 Å². The normalized spacial score (nSPS) is 25.3. The molecular formula is C14H19F2NS2. The van der Waals surface area contributed by atoms with Crippen LogP contribution in [0, 0.1) is 11.6 Å². The highest BCUT2D eigenvalue weighted by Crippen LogP contribution is 2.35. The standard InChI is InChI=1S/C14H19F2NS2/c1-2-12-14(19-7-6-18-12)11(17)8-9-4-3-5-10(15)13(9)16/h3-5,11-12,14H,2,6-8,17H2,1H3. The largest absolute Gasteiger partial charge is 0.326 e. The maximum absolute atomic E-state index is 13.7. The number of thioether (sulfide) groups is 2. The van der Waals surface area contributed by atoms with Crippen LogP contribution in [0.25, 0.3) is 0 Å². The van der Waals surface area contributed by atoms with Gasteiger partial charge in [0.25, 0.3) is 0 Å². The van der Waals surface area contributed by atoms with Crippen LogP contribution in [-0.4, -0.2) is 28.0 Å². The monoisotopic (exact) mass is 303 g/mol. The molecule has 1 saturated heterocycles. The van der Waals surface area contributed by atoms with Crippen molar-refractivity contribution in [1.29, 1.82) is 0 Å². The van der Waals surface area contributed by atoms with E-state index < -0.39 is 11.6 Å². The molecule has 3 atom stereocenters. The molecule has 0 aliphatic carbocycles. The summed E-state index contributed by atoms with van der Waals surface area (Å²) in [5.41, 5.74) is 6.63. The van der Waals surface area contributed by atoms with Gasteiger partial charge in [0.2, 0.25) is 0 Å². The van der Waals surface area contributed by atoms with Gasteiger partial charge in [-0.15, -0.1) is 0 Å². The number of hydrogen-bond acceptors (Lipinski definition) is 3. The van der Waals surface area contributed by atoms with Crippen LogP contribution in [-0.2, 0) is 6.42 Å². The van der Waals surface area contributed by atoms with E-state index >= 15 is 0 Å². The lowest BCUT2D eigenvalue weighted by Crippen LogP contribution is -2.43. The molecule has 1 fully saturated rings. The Kier molecular flexibility index (Phi) is 5.54. The third kappa shape index (κ3) is 3.64. The Morgan fingerprint density at radius 3 is 2.79 bits per heavy atom. The lowest BCUT2D eigenvalue weighted by molar-refractivity contribution is 0.489. The molecule has 1 nitrogen and oxygen atoms in total. The topological polar surface area (TPSA) is 26.0 Å². The van der Waals surface area contributed by atoms with Crippen molar-refractivity contribution in [2.45, 2.75) is 36.3 Å². The Morgan fingerprint density at radius 1 is 1.32 bits per heavy atom. The van der Waals surface area contributed by atoms with Gasteiger partial charge in [-0.05, 0) is 24.5 Å². The molecule has 0 aromatic heterocycles. The summed E-state index contributed by atoms with van der Waals surface area (Å²) in [6, 6.07) is 4.18. The van der Waals surface area contributed by atoms with Crippen molar-refractivity contribution >= 4 is 23.5 Å². The van der Waals surface area contributed by atoms with Gasteiger partial charge in [-0.1, -0.05) is 19.1 Å². The van der Waals surface area contributed by atoms with E-state index in [0.717, 1.165) is 24.0 Å². The zero-order valence-electron chi connectivity index (χ0n) is 10.9. The zero-order valence-corrected chi connectivity index (χ0v) is 12.6. The summed E-state index contributed by atoms with van der Waals surface area (Å²) < 4.78 is 26.9. The Hall–Kier alpha value is -0.260. The van der Waals surface area contributed by atoms with Gasteiger partial charge in [0.1, 0.15) is 0 Å². The SMILES string of the molecule is CCC1SCCSC1C(N)Cc1cccc(F)c1F. The summed E-state index contributed by atoms with van der Waals surface area (Å²) in [4.78, 5) is 0. The van der Waals surface area contributed by atoms with Crippen molar-refractivity contribution in [3.63, 3.8) is 0 Å². The highest BCUT2D eigenvalue weighted by Gasteiger charge is 2.30. The van der Waals surface area contributed by atoms with Crippen molar-refractivity contribution in [2.24, 2.45) is 5.73 Å². The average molecular weight is 303 g/mol. The molecule has 0 amide bonds. The van der Waals surface area contributed by atoms with Gasteiger partial charge in [0.15, 0.2) is 11.6 Å². The maximum atomic E-state index is 13.7. The predicted octanol–water partition coefficient (Wildman–Crippen LogP) is 3.46. The molecular weight excluding hydrogens is 284 g/mol. The van der Waals surface area contributed by atoms with E-state index in [0.29, 0.717) is 22.5 Å². The summed E-state index contributed by atoms with van der Waals surface area (Å²) in [6.07, 6.45) is 1.47. The van der Waals surface area contributed by atoms with Gasteiger partial charge in [-0.25, -0.2) is 8.78 Å². The molecule has 0 spiro atoms. The van der Waals surface area contributed by atoms with E-state index in [1.54, 1.807) is 12.1 Å². The van der Waals surface area contributed by atoms with Crippen molar-refractivity contribution in [2.75, 3.05) is 11.5 Å². The second-order valence-electron chi connectivity index (χ2n) is 4.73. The van der Waals surface area contributed by atoms with Crippen LogP contribution in [0.15, 0.2) is 18.2 Å². The molecule has 2 N–H and O–H groups in total. The first kappa shape index (κ1) is 15.1. The number of hydrogen-bond donors (Lipinski definition) is 1. The molecule has 1 heterocycles. The fraction of sp³-hybridized carbons (Fsp3) is 0.571. The predicted molar refractivity (Wildman–Crippen MR) is 80.8 cm³/mol. The Balaban J connectivity index is 2.07. The van der Waals surface area contributed by atoms with E-state index in [1.165, 1.54) is 0 Å². The Labute approximate surface area is 121 Å². The van der Waals surface area contributed by atoms with Crippen molar-refractivity contribution in [1.82, 2.24) is 0 Å². The molecule has 1 aromatic rings.